The second-order valence-electron chi connectivity index (χ2n) is 7.54. The fraction of sp³-hybridized carbons (Fsp3) is 0.765. The van der Waals surface area contributed by atoms with E-state index in [1.807, 2.05) is 6.20 Å². The van der Waals surface area contributed by atoms with E-state index in [4.69, 9.17) is 0 Å². The summed E-state index contributed by atoms with van der Waals surface area (Å²) in [6, 6.07) is -0.0680. The van der Waals surface area contributed by atoms with Gasteiger partial charge in [0.1, 0.15) is 0 Å². The highest BCUT2D eigenvalue weighted by Crippen LogP contribution is 2.44. The molecule has 0 saturated carbocycles. The van der Waals surface area contributed by atoms with Gasteiger partial charge in [0, 0.05) is 42.4 Å². The zero-order valence-electron chi connectivity index (χ0n) is 14.3. The van der Waals surface area contributed by atoms with Crippen LogP contribution in [0.25, 0.3) is 0 Å². The van der Waals surface area contributed by atoms with Gasteiger partial charge in [0.15, 0.2) is 0 Å². The van der Waals surface area contributed by atoms with Gasteiger partial charge >= 0.3 is 0 Å². The van der Waals surface area contributed by atoms with Crippen LogP contribution in [-0.2, 0) is 9.59 Å². The van der Waals surface area contributed by atoms with Gasteiger partial charge in [-0.2, -0.15) is 0 Å². The van der Waals surface area contributed by atoms with Gasteiger partial charge in [-0.25, -0.2) is 0 Å². The van der Waals surface area contributed by atoms with E-state index in [1.54, 1.807) is 28.5 Å². The first kappa shape index (κ1) is 17.3. The summed E-state index contributed by atoms with van der Waals surface area (Å²) in [4.78, 5) is 29.2. The number of nitrogens with one attached hydrogen (secondary N) is 1. The highest BCUT2D eigenvalue weighted by atomic mass is 32.2. The highest BCUT2D eigenvalue weighted by molar-refractivity contribution is 8.03. The molecule has 4 rings (SSSR count). The van der Waals surface area contributed by atoms with Gasteiger partial charge in [-0.05, 0) is 19.8 Å². The number of thioether (sulfide) groups is 1. The van der Waals surface area contributed by atoms with E-state index in [0.29, 0.717) is 24.8 Å². The van der Waals surface area contributed by atoms with E-state index < -0.39 is 6.10 Å². The standard InChI is InChI=1S/C17H25N3O4S/c1-9(21)15-14-5-12(8-20(14)17(15)24)25-11-4-13(18-6-11)16(23)19-3-2-10(22)7-19/h8-11,13-15,18,21-22H,2-7H2,1H3/t9?,10?,11?,13?,14-,15?/m1/s1. The van der Waals surface area contributed by atoms with Gasteiger partial charge < -0.3 is 25.3 Å². The number of fused-ring (bicyclic) bond motifs is 1. The Hall–Kier alpha value is -1.09. The summed E-state index contributed by atoms with van der Waals surface area (Å²) in [5, 5.41) is 22.9. The molecular weight excluding hydrogens is 342 g/mol. The number of aliphatic hydroxyl groups excluding tert-OH is 2. The lowest BCUT2D eigenvalue weighted by Crippen LogP contribution is -2.59. The van der Waals surface area contributed by atoms with Crippen molar-refractivity contribution in [3.8, 4) is 0 Å². The third-order valence-corrected chi connectivity index (χ3v) is 6.97. The average molecular weight is 367 g/mol. The highest BCUT2D eigenvalue weighted by Gasteiger charge is 2.52. The van der Waals surface area contributed by atoms with Crippen LogP contribution >= 0.6 is 11.8 Å². The molecule has 3 saturated heterocycles. The summed E-state index contributed by atoms with van der Waals surface area (Å²) in [5.74, 6) is -0.166. The van der Waals surface area contributed by atoms with Gasteiger partial charge in [-0.3, -0.25) is 9.59 Å². The molecule has 3 N–H and O–H groups in total. The van der Waals surface area contributed by atoms with Crippen molar-refractivity contribution in [2.24, 2.45) is 5.92 Å². The van der Waals surface area contributed by atoms with Gasteiger partial charge in [0.2, 0.25) is 11.8 Å². The van der Waals surface area contributed by atoms with Crippen LogP contribution in [0.3, 0.4) is 0 Å². The first-order valence-electron chi connectivity index (χ1n) is 9.02. The molecule has 8 heteroatoms. The zero-order chi connectivity index (χ0) is 17.7. The molecule has 0 aromatic heterocycles. The Morgan fingerprint density at radius 1 is 1.48 bits per heavy atom. The van der Waals surface area contributed by atoms with Gasteiger partial charge in [-0.15, -0.1) is 11.8 Å². The van der Waals surface area contributed by atoms with Crippen LogP contribution in [-0.4, -0.2) is 81.0 Å². The molecule has 138 valence electrons. The molecule has 0 aromatic carbocycles. The molecule has 0 radical (unpaired) electrons. The predicted molar refractivity (Wildman–Crippen MR) is 93.5 cm³/mol. The largest absolute Gasteiger partial charge is 0.393 e. The van der Waals surface area contributed by atoms with Gasteiger partial charge in [0.05, 0.1) is 30.2 Å². The van der Waals surface area contributed by atoms with Crippen LogP contribution in [0, 0.1) is 5.92 Å². The van der Waals surface area contributed by atoms with E-state index in [0.717, 1.165) is 24.3 Å². The Morgan fingerprint density at radius 2 is 2.28 bits per heavy atom. The molecule has 4 aliphatic heterocycles. The van der Waals surface area contributed by atoms with Crippen molar-refractivity contribution in [1.29, 1.82) is 0 Å². The maximum atomic E-state index is 12.5. The smallest absolute Gasteiger partial charge is 0.239 e. The Morgan fingerprint density at radius 3 is 2.96 bits per heavy atom. The normalized spacial score (nSPS) is 38.6. The molecule has 0 aliphatic carbocycles. The second kappa shape index (κ2) is 6.57. The van der Waals surface area contributed by atoms with Crippen molar-refractivity contribution in [3.63, 3.8) is 0 Å². The van der Waals surface area contributed by atoms with Crippen LogP contribution < -0.4 is 5.32 Å². The van der Waals surface area contributed by atoms with Crippen LogP contribution in [0.15, 0.2) is 11.1 Å². The number of nitrogens with zero attached hydrogens (tertiary/aromatic N) is 2. The third kappa shape index (κ3) is 3.09. The van der Waals surface area contributed by atoms with Crippen LogP contribution in [0.5, 0.6) is 0 Å². The van der Waals surface area contributed by atoms with Crippen molar-refractivity contribution >= 4 is 23.6 Å². The number of rotatable bonds is 4. The molecule has 7 nitrogen and oxygen atoms in total. The fourth-order valence-corrected chi connectivity index (χ4v) is 5.69. The summed E-state index contributed by atoms with van der Waals surface area (Å²) in [6.07, 6.45) is 3.17. The predicted octanol–water partition coefficient (Wildman–Crippen LogP) is -0.504. The number of carbonyl (C=O) groups is 2. The Balaban J connectivity index is 1.29. The van der Waals surface area contributed by atoms with Crippen LogP contribution in [0.4, 0.5) is 0 Å². The Bertz CT molecular complexity index is 611. The molecule has 6 atom stereocenters. The number of amides is 2. The van der Waals surface area contributed by atoms with Crippen molar-refractivity contribution in [3.05, 3.63) is 11.1 Å². The van der Waals surface area contributed by atoms with Crippen LogP contribution in [0.1, 0.15) is 26.2 Å². The minimum absolute atomic E-state index is 0.0146. The summed E-state index contributed by atoms with van der Waals surface area (Å²) >= 11 is 1.75. The maximum absolute atomic E-state index is 12.5. The quantitative estimate of drug-likeness (QED) is 0.580. The van der Waals surface area contributed by atoms with Crippen molar-refractivity contribution in [2.45, 2.75) is 55.7 Å². The molecule has 2 amide bonds. The SMILES string of the molecule is CC(O)C1C(=O)N2C=C(SC3CNC(C(=O)N4CCC(O)C4)C3)C[C@H]12. The molecule has 4 heterocycles. The second-order valence-corrected chi connectivity index (χ2v) is 8.97. The monoisotopic (exact) mass is 367 g/mol. The summed E-state index contributed by atoms with van der Waals surface area (Å²) in [7, 11) is 0. The minimum Gasteiger partial charge on any atom is -0.393 e. The Kier molecular flexibility index (Phi) is 4.56. The lowest BCUT2D eigenvalue weighted by atomic mass is 9.84. The van der Waals surface area contributed by atoms with E-state index in [2.05, 4.69) is 5.32 Å². The minimum atomic E-state index is -0.600. The van der Waals surface area contributed by atoms with E-state index in [9.17, 15) is 19.8 Å². The van der Waals surface area contributed by atoms with Crippen molar-refractivity contribution in [2.75, 3.05) is 19.6 Å². The van der Waals surface area contributed by atoms with E-state index >= 15 is 0 Å². The molecule has 0 bridgehead atoms. The van der Waals surface area contributed by atoms with E-state index in [-0.39, 0.29) is 35.9 Å². The summed E-state index contributed by atoms with van der Waals surface area (Å²) in [6.45, 7) is 3.53. The summed E-state index contributed by atoms with van der Waals surface area (Å²) in [5.41, 5.74) is 0. The number of likely N-dealkylation sites (tertiary alicyclic amines) is 1. The van der Waals surface area contributed by atoms with Gasteiger partial charge in [-0.1, -0.05) is 0 Å². The number of β-amino-alcohol motifs (C(OH)–C–C–N with tert-alkyl or cyclic N) is 1. The summed E-state index contributed by atoms with van der Waals surface area (Å²) < 4.78 is 0. The van der Waals surface area contributed by atoms with Gasteiger partial charge in [0.25, 0.3) is 0 Å². The molecule has 25 heavy (non-hydrogen) atoms. The first-order chi connectivity index (χ1) is 11.9. The van der Waals surface area contributed by atoms with E-state index in [1.165, 1.54) is 0 Å². The molecule has 0 spiro atoms. The number of aliphatic hydroxyl groups is 2. The van der Waals surface area contributed by atoms with Crippen molar-refractivity contribution in [1.82, 2.24) is 15.1 Å². The number of hydrogen-bond donors (Lipinski definition) is 3. The number of carbonyl (C=O) groups excluding carboxylic acids is 2. The molecular formula is C17H25N3O4S. The average Bonchev–Trinajstić information content (AvgIpc) is 3.26. The van der Waals surface area contributed by atoms with Crippen molar-refractivity contribution < 1.29 is 19.8 Å². The Labute approximate surface area is 151 Å². The molecule has 4 aliphatic rings. The molecule has 0 aromatic rings. The first-order valence-corrected chi connectivity index (χ1v) is 9.90. The topological polar surface area (TPSA) is 93.1 Å². The van der Waals surface area contributed by atoms with Crippen LogP contribution in [0.2, 0.25) is 0 Å². The zero-order valence-corrected chi connectivity index (χ0v) is 15.1. The lowest BCUT2D eigenvalue weighted by Gasteiger charge is -2.43. The lowest BCUT2D eigenvalue weighted by molar-refractivity contribution is -0.156. The number of hydrogen-bond acceptors (Lipinski definition) is 6. The third-order valence-electron chi connectivity index (χ3n) is 5.71. The number of β-lactam (4-membered cyclic amide) rings is 1. The molecule has 3 fully saturated rings. The molecule has 5 unspecified atom stereocenters. The fourth-order valence-electron chi connectivity index (χ4n) is 4.35. The maximum Gasteiger partial charge on any atom is 0.239 e.